The summed E-state index contributed by atoms with van der Waals surface area (Å²) in [5, 5.41) is 21.3. The van der Waals surface area contributed by atoms with Gasteiger partial charge in [-0.15, -0.1) is 0 Å². The number of ether oxygens (including phenoxy) is 1. The van der Waals surface area contributed by atoms with Crippen molar-refractivity contribution < 1.29 is 9.84 Å². The highest BCUT2D eigenvalue weighted by atomic mass is 32.2. The number of nitrogens with zero attached hydrogens (tertiary/aromatic N) is 1. The molecule has 0 spiro atoms. The first-order valence-electron chi connectivity index (χ1n) is 6.17. The molecule has 1 rings (SSSR count). The van der Waals surface area contributed by atoms with E-state index in [2.05, 4.69) is 12.2 Å². The van der Waals surface area contributed by atoms with Crippen LogP contribution in [0.15, 0.2) is 24.3 Å². The standard InChI is InChI=1S/C14H20N2O2S/c1-11(14(10-17)19-2)16-9-12-4-3-5-13(8-12)18-7-6-15/h3-5,8,11,14,16-17H,7,9-10H2,1-2H3. The third-order valence-corrected chi connectivity index (χ3v) is 4.03. The predicted octanol–water partition coefficient (Wildman–Crippen LogP) is 1.79. The molecule has 1 aromatic carbocycles. The largest absolute Gasteiger partial charge is 0.479 e. The van der Waals surface area contributed by atoms with Crippen molar-refractivity contribution in [3.8, 4) is 11.8 Å². The van der Waals surface area contributed by atoms with E-state index in [0.29, 0.717) is 12.3 Å². The lowest BCUT2D eigenvalue weighted by Crippen LogP contribution is -2.37. The van der Waals surface area contributed by atoms with Crippen LogP contribution >= 0.6 is 11.8 Å². The summed E-state index contributed by atoms with van der Waals surface area (Å²) >= 11 is 1.65. The van der Waals surface area contributed by atoms with Gasteiger partial charge in [-0.3, -0.25) is 0 Å². The van der Waals surface area contributed by atoms with Gasteiger partial charge >= 0.3 is 0 Å². The Bertz CT molecular complexity index is 416. The van der Waals surface area contributed by atoms with Crippen molar-refractivity contribution in [1.29, 1.82) is 5.26 Å². The second-order valence-corrected chi connectivity index (χ2v) is 5.30. The molecule has 0 aromatic heterocycles. The molecule has 0 aliphatic carbocycles. The molecule has 0 heterocycles. The highest BCUT2D eigenvalue weighted by Crippen LogP contribution is 2.14. The molecule has 5 heteroatoms. The normalized spacial score (nSPS) is 13.6. The molecule has 0 fully saturated rings. The van der Waals surface area contributed by atoms with E-state index in [-0.39, 0.29) is 24.5 Å². The molecule has 0 aliphatic heterocycles. The van der Waals surface area contributed by atoms with Crippen LogP contribution in [0.25, 0.3) is 0 Å². The highest BCUT2D eigenvalue weighted by Gasteiger charge is 2.14. The quantitative estimate of drug-likeness (QED) is 0.760. The van der Waals surface area contributed by atoms with E-state index in [0.717, 1.165) is 5.56 Å². The van der Waals surface area contributed by atoms with Gasteiger partial charge in [0, 0.05) is 17.8 Å². The molecule has 0 amide bonds. The van der Waals surface area contributed by atoms with Crippen molar-refractivity contribution in [2.75, 3.05) is 19.5 Å². The summed E-state index contributed by atoms with van der Waals surface area (Å²) in [5.74, 6) is 0.706. The maximum atomic E-state index is 9.22. The van der Waals surface area contributed by atoms with Crippen LogP contribution < -0.4 is 10.1 Å². The Morgan fingerprint density at radius 2 is 2.32 bits per heavy atom. The van der Waals surface area contributed by atoms with Crippen LogP contribution in [0.2, 0.25) is 0 Å². The Hall–Kier alpha value is -1.22. The van der Waals surface area contributed by atoms with Gasteiger partial charge in [0.2, 0.25) is 0 Å². The third-order valence-electron chi connectivity index (χ3n) is 2.87. The molecule has 0 bridgehead atoms. The van der Waals surface area contributed by atoms with Gasteiger partial charge in [0.15, 0.2) is 6.61 Å². The van der Waals surface area contributed by atoms with Crippen LogP contribution in [0.3, 0.4) is 0 Å². The summed E-state index contributed by atoms with van der Waals surface area (Å²) in [6.07, 6.45) is 2.00. The fourth-order valence-corrected chi connectivity index (χ4v) is 2.36. The topological polar surface area (TPSA) is 65.3 Å². The van der Waals surface area contributed by atoms with Crippen LogP contribution in [0.1, 0.15) is 12.5 Å². The van der Waals surface area contributed by atoms with Gasteiger partial charge in [-0.2, -0.15) is 17.0 Å². The summed E-state index contributed by atoms with van der Waals surface area (Å²) in [6, 6.07) is 9.85. The average Bonchev–Trinajstić information content (AvgIpc) is 2.44. The van der Waals surface area contributed by atoms with Crippen molar-refractivity contribution in [2.24, 2.45) is 0 Å². The van der Waals surface area contributed by atoms with Gasteiger partial charge in [-0.1, -0.05) is 12.1 Å². The van der Waals surface area contributed by atoms with Crippen molar-refractivity contribution in [1.82, 2.24) is 5.32 Å². The Kier molecular flexibility index (Phi) is 7.34. The van der Waals surface area contributed by atoms with E-state index in [1.807, 2.05) is 36.6 Å². The van der Waals surface area contributed by atoms with Crippen molar-refractivity contribution in [2.45, 2.75) is 24.8 Å². The summed E-state index contributed by atoms with van der Waals surface area (Å²) in [6.45, 7) is 3.00. The van der Waals surface area contributed by atoms with Gasteiger partial charge in [0.1, 0.15) is 11.8 Å². The Morgan fingerprint density at radius 1 is 1.53 bits per heavy atom. The molecule has 2 unspecified atom stereocenters. The molecular weight excluding hydrogens is 260 g/mol. The predicted molar refractivity (Wildman–Crippen MR) is 78.2 cm³/mol. The Morgan fingerprint density at radius 3 is 2.95 bits per heavy atom. The number of hydrogen-bond donors (Lipinski definition) is 2. The van der Waals surface area contributed by atoms with Crippen LogP contribution in [0.5, 0.6) is 5.75 Å². The van der Waals surface area contributed by atoms with Crippen LogP contribution in [0.4, 0.5) is 0 Å². The molecule has 0 aliphatic rings. The molecule has 0 radical (unpaired) electrons. The maximum absolute atomic E-state index is 9.22. The second kappa shape index (κ2) is 8.81. The first-order valence-corrected chi connectivity index (χ1v) is 7.45. The van der Waals surface area contributed by atoms with E-state index in [4.69, 9.17) is 10.00 Å². The van der Waals surface area contributed by atoms with Crippen molar-refractivity contribution >= 4 is 11.8 Å². The first kappa shape index (κ1) is 15.8. The van der Waals surface area contributed by atoms with E-state index >= 15 is 0 Å². The number of rotatable bonds is 8. The van der Waals surface area contributed by atoms with Crippen LogP contribution in [-0.4, -0.2) is 35.9 Å². The minimum absolute atomic E-state index is 0.0619. The molecule has 2 N–H and O–H groups in total. The van der Waals surface area contributed by atoms with Gasteiger partial charge < -0.3 is 15.2 Å². The average molecular weight is 280 g/mol. The van der Waals surface area contributed by atoms with E-state index in [1.54, 1.807) is 11.8 Å². The lowest BCUT2D eigenvalue weighted by atomic mass is 10.2. The number of aliphatic hydroxyl groups is 1. The molecule has 1 aromatic rings. The molecule has 104 valence electrons. The minimum atomic E-state index is 0.0619. The molecule has 4 nitrogen and oxygen atoms in total. The van der Waals surface area contributed by atoms with Gasteiger partial charge in [0.25, 0.3) is 0 Å². The van der Waals surface area contributed by atoms with Gasteiger partial charge in [-0.05, 0) is 30.9 Å². The fraction of sp³-hybridized carbons (Fsp3) is 0.500. The lowest BCUT2D eigenvalue weighted by molar-refractivity contribution is 0.276. The van der Waals surface area contributed by atoms with Gasteiger partial charge in [-0.25, -0.2) is 0 Å². The summed E-state index contributed by atoms with van der Waals surface area (Å²) < 4.78 is 5.26. The third kappa shape index (κ3) is 5.52. The zero-order chi connectivity index (χ0) is 14.1. The monoisotopic (exact) mass is 280 g/mol. The fourth-order valence-electron chi connectivity index (χ4n) is 1.71. The van der Waals surface area contributed by atoms with Crippen molar-refractivity contribution in [3.05, 3.63) is 29.8 Å². The summed E-state index contributed by atoms with van der Waals surface area (Å²) in [5.41, 5.74) is 1.10. The molecule has 2 atom stereocenters. The molecule has 0 saturated carbocycles. The van der Waals surface area contributed by atoms with E-state index in [9.17, 15) is 5.11 Å². The SMILES string of the molecule is CSC(CO)C(C)NCc1cccc(OCC#N)c1. The summed E-state index contributed by atoms with van der Waals surface area (Å²) in [4.78, 5) is 0. The molecule has 19 heavy (non-hydrogen) atoms. The first-order chi connectivity index (χ1) is 9.21. The zero-order valence-corrected chi connectivity index (χ0v) is 12.1. The molecule has 0 saturated heterocycles. The lowest BCUT2D eigenvalue weighted by Gasteiger charge is -2.21. The second-order valence-electron chi connectivity index (χ2n) is 4.22. The van der Waals surface area contributed by atoms with E-state index in [1.165, 1.54) is 0 Å². The smallest absolute Gasteiger partial charge is 0.174 e. The maximum Gasteiger partial charge on any atom is 0.174 e. The number of thioether (sulfide) groups is 1. The highest BCUT2D eigenvalue weighted by molar-refractivity contribution is 7.99. The van der Waals surface area contributed by atoms with Gasteiger partial charge in [0.05, 0.1) is 6.61 Å². The zero-order valence-electron chi connectivity index (χ0n) is 11.3. The Labute approximate surface area is 118 Å². The number of hydrogen-bond acceptors (Lipinski definition) is 5. The number of nitriles is 1. The number of nitrogens with one attached hydrogen (secondary N) is 1. The number of benzene rings is 1. The van der Waals surface area contributed by atoms with E-state index < -0.39 is 0 Å². The van der Waals surface area contributed by atoms with Crippen molar-refractivity contribution in [3.63, 3.8) is 0 Å². The van der Waals surface area contributed by atoms with Crippen LogP contribution in [0, 0.1) is 11.3 Å². The van der Waals surface area contributed by atoms with Crippen LogP contribution in [-0.2, 0) is 6.54 Å². The molecular formula is C14H20N2O2S. The number of aliphatic hydroxyl groups excluding tert-OH is 1. The Balaban J connectivity index is 2.51. The minimum Gasteiger partial charge on any atom is -0.479 e. The summed E-state index contributed by atoms with van der Waals surface area (Å²) in [7, 11) is 0.